The summed E-state index contributed by atoms with van der Waals surface area (Å²) in [5.74, 6) is -3.27. The normalized spacial score (nSPS) is 24.4. The molecule has 1 fully saturated rings. The number of aliphatic hydroxyl groups excluding tert-OH is 1. The van der Waals surface area contributed by atoms with E-state index in [4.69, 9.17) is 32.7 Å². The van der Waals surface area contributed by atoms with E-state index in [-0.39, 0.29) is 31.7 Å². The molecule has 6 atom stereocenters. The van der Waals surface area contributed by atoms with E-state index in [2.05, 4.69) is 20.9 Å². The lowest BCUT2D eigenvalue weighted by atomic mass is 9.90. The molecule has 2 amide bonds. The predicted octanol–water partition coefficient (Wildman–Crippen LogP) is 5.03. The number of carbonyl (C=O) groups excluding carboxylic acids is 4. The number of halogens is 2. The van der Waals surface area contributed by atoms with Crippen LogP contribution in [0.5, 0.6) is 0 Å². The van der Waals surface area contributed by atoms with Crippen LogP contribution in [0.1, 0.15) is 75.1 Å². The van der Waals surface area contributed by atoms with Crippen LogP contribution in [0, 0.1) is 24.2 Å². The lowest BCUT2D eigenvalue weighted by Crippen LogP contribution is -2.51. The standard InChI is InChI=1S/C41H56Cl2N4O7/c1-25(2)20-34-39(51)53-33(27(4)37(49)36(43)30-14-12-28(13-15-30)23-47-18-16-44-17-19-47)8-7-9-35(48)46-32(22-29-11-10-26(3)31(42)21-29)38(50)45-24-41(5,6)40(52)54-34/h7,9-15,21,25,27,32-34,36-37,44,49H,8,16-20,22-24H2,1-6H3,(H,45,50)(H,46,48)/b9-7+. The van der Waals surface area contributed by atoms with E-state index in [1.54, 1.807) is 26.8 Å². The zero-order valence-corrected chi connectivity index (χ0v) is 33.7. The number of aryl methyl sites for hydroxylation is 1. The molecule has 4 rings (SSSR count). The smallest absolute Gasteiger partial charge is 0.347 e. The van der Waals surface area contributed by atoms with Crippen LogP contribution in [0.3, 0.4) is 0 Å². The van der Waals surface area contributed by atoms with Gasteiger partial charge in [0.2, 0.25) is 11.8 Å². The van der Waals surface area contributed by atoms with E-state index < -0.39 is 64.8 Å². The van der Waals surface area contributed by atoms with Crippen LogP contribution in [0.25, 0.3) is 0 Å². The molecular weight excluding hydrogens is 731 g/mol. The number of piperazine rings is 1. The molecule has 2 heterocycles. The van der Waals surface area contributed by atoms with E-state index in [1.807, 2.05) is 57.2 Å². The minimum atomic E-state index is -1.24. The molecule has 2 aromatic carbocycles. The summed E-state index contributed by atoms with van der Waals surface area (Å²) in [5, 5.41) is 20.2. The van der Waals surface area contributed by atoms with Crippen molar-refractivity contribution in [2.24, 2.45) is 17.3 Å². The van der Waals surface area contributed by atoms with Crippen molar-refractivity contribution in [3.8, 4) is 0 Å². The first-order valence-corrected chi connectivity index (χ1v) is 19.6. The van der Waals surface area contributed by atoms with Crippen molar-refractivity contribution >= 4 is 47.0 Å². The molecule has 2 aliphatic rings. The first kappa shape index (κ1) is 43.3. The maximum Gasteiger partial charge on any atom is 0.347 e. The van der Waals surface area contributed by atoms with Crippen molar-refractivity contribution in [2.45, 2.75) is 97.1 Å². The van der Waals surface area contributed by atoms with Crippen molar-refractivity contribution in [2.75, 3.05) is 32.7 Å². The minimum Gasteiger partial charge on any atom is -0.459 e. The Morgan fingerprint density at radius 2 is 1.65 bits per heavy atom. The van der Waals surface area contributed by atoms with Crippen molar-refractivity contribution in [3.05, 3.63) is 81.9 Å². The highest BCUT2D eigenvalue weighted by Crippen LogP contribution is 2.33. The Labute approximate surface area is 329 Å². The van der Waals surface area contributed by atoms with Gasteiger partial charge in [-0.3, -0.25) is 19.3 Å². The second kappa shape index (κ2) is 19.9. The summed E-state index contributed by atoms with van der Waals surface area (Å²) in [7, 11) is 0. The minimum absolute atomic E-state index is 0.0307. The van der Waals surface area contributed by atoms with Gasteiger partial charge in [0.1, 0.15) is 12.1 Å². The summed E-state index contributed by atoms with van der Waals surface area (Å²) in [5.41, 5.74) is 2.22. The van der Waals surface area contributed by atoms with Gasteiger partial charge in [-0.1, -0.05) is 74.8 Å². The average Bonchev–Trinajstić information content (AvgIpc) is 3.13. The van der Waals surface area contributed by atoms with Gasteiger partial charge in [0.25, 0.3) is 0 Å². The Morgan fingerprint density at radius 3 is 2.30 bits per heavy atom. The molecule has 296 valence electrons. The first-order chi connectivity index (χ1) is 25.5. The van der Waals surface area contributed by atoms with Crippen LogP contribution < -0.4 is 16.0 Å². The van der Waals surface area contributed by atoms with Gasteiger partial charge in [0.15, 0.2) is 6.10 Å². The van der Waals surface area contributed by atoms with E-state index in [0.717, 1.165) is 49.4 Å². The molecule has 1 saturated heterocycles. The summed E-state index contributed by atoms with van der Waals surface area (Å²) in [6, 6.07) is 12.2. The van der Waals surface area contributed by atoms with Crippen LogP contribution in [0.4, 0.5) is 0 Å². The van der Waals surface area contributed by atoms with Gasteiger partial charge in [0.05, 0.1) is 16.9 Å². The second-order valence-corrected chi connectivity index (χ2v) is 16.5. The summed E-state index contributed by atoms with van der Waals surface area (Å²) in [4.78, 5) is 56.4. The van der Waals surface area contributed by atoms with Crippen LogP contribution in [-0.4, -0.2) is 90.8 Å². The van der Waals surface area contributed by atoms with Crippen molar-refractivity contribution in [1.29, 1.82) is 0 Å². The molecule has 4 N–H and O–H groups in total. The van der Waals surface area contributed by atoms with Gasteiger partial charge >= 0.3 is 11.9 Å². The Balaban J connectivity index is 1.58. The quantitative estimate of drug-likeness (QED) is 0.193. The molecule has 0 saturated carbocycles. The van der Waals surface area contributed by atoms with Gasteiger partial charge in [-0.2, -0.15) is 0 Å². The Hall–Kier alpha value is -3.48. The van der Waals surface area contributed by atoms with Crippen molar-refractivity contribution in [3.63, 3.8) is 0 Å². The number of hydrogen-bond donors (Lipinski definition) is 4. The number of hydrogen-bond acceptors (Lipinski definition) is 9. The van der Waals surface area contributed by atoms with E-state index in [1.165, 1.54) is 12.2 Å². The molecule has 2 aliphatic heterocycles. The molecule has 0 spiro atoms. The maximum absolute atomic E-state index is 13.8. The molecule has 2 aromatic rings. The van der Waals surface area contributed by atoms with E-state index in [9.17, 15) is 24.3 Å². The number of amides is 2. The monoisotopic (exact) mass is 786 g/mol. The third-order valence-corrected chi connectivity index (χ3v) is 10.9. The number of esters is 2. The number of nitrogens with zero attached hydrogens (tertiary/aromatic N) is 1. The topological polar surface area (TPSA) is 146 Å². The van der Waals surface area contributed by atoms with Gasteiger partial charge in [0, 0.05) is 63.1 Å². The zero-order chi connectivity index (χ0) is 39.6. The molecule has 6 unspecified atom stereocenters. The second-order valence-electron chi connectivity index (χ2n) is 15.6. The zero-order valence-electron chi connectivity index (χ0n) is 32.2. The molecule has 0 aromatic heterocycles. The van der Waals surface area contributed by atoms with Gasteiger partial charge in [-0.15, -0.1) is 11.6 Å². The highest BCUT2D eigenvalue weighted by molar-refractivity contribution is 6.31. The summed E-state index contributed by atoms with van der Waals surface area (Å²) >= 11 is 13.2. The van der Waals surface area contributed by atoms with Gasteiger partial charge < -0.3 is 30.5 Å². The molecular formula is C41H56Cl2N4O7. The lowest BCUT2D eigenvalue weighted by Gasteiger charge is -2.32. The Bertz CT molecular complexity index is 1630. The highest BCUT2D eigenvalue weighted by Gasteiger charge is 2.38. The van der Waals surface area contributed by atoms with E-state index in [0.29, 0.717) is 10.6 Å². The number of ether oxygens (including phenoxy) is 2. The van der Waals surface area contributed by atoms with Gasteiger partial charge in [-0.25, -0.2) is 4.79 Å². The number of benzene rings is 2. The number of carbonyl (C=O) groups is 4. The molecule has 0 radical (unpaired) electrons. The fourth-order valence-corrected chi connectivity index (χ4v) is 6.94. The van der Waals surface area contributed by atoms with Crippen LogP contribution in [0.2, 0.25) is 5.02 Å². The molecule has 11 nitrogen and oxygen atoms in total. The predicted molar refractivity (Wildman–Crippen MR) is 210 cm³/mol. The van der Waals surface area contributed by atoms with Crippen molar-refractivity contribution in [1.82, 2.24) is 20.9 Å². The summed E-state index contributed by atoms with van der Waals surface area (Å²) < 4.78 is 11.8. The first-order valence-electron chi connectivity index (χ1n) is 18.8. The fraction of sp³-hybridized carbons (Fsp3) is 0.561. The largest absolute Gasteiger partial charge is 0.459 e. The number of alkyl halides is 1. The van der Waals surface area contributed by atoms with E-state index >= 15 is 0 Å². The van der Waals surface area contributed by atoms with Crippen molar-refractivity contribution < 1.29 is 33.8 Å². The molecule has 13 heteroatoms. The van der Waals surface area contributed by atoms with Crippen LogP contribution >= 0.6 is 23.2 Å². The number of nitrogens with one attached hydrogen (secondary N) is 3. The van der Waals surface area contributed by atoms with Crippen LogP contribution in [0.15, 0.2) is 54.6 Å². The molecule has 0 aliphatic carbocycles. The highest BCUT2D eigenvalue weighted by atomic mass is 35.5. The third-order valence-electron chi connectivity index (χ3n) is 10.0. The average molecular weight is 788 g/mol. The maximum atomic E-state index is 13.8. The molecule has 0 bridgehead atoms. The fourth-order valence-electron chi connectivity index (χ4n) is 6.36. The number of aliphatic hydroxyl groups is 1. The molecule has 54 heavy (non-hydrogen) atoms. The number of rotatable bonds is 10. The lowest BCUT2D eigenvalue weighted by molar-refractivity contribution is -0.180. The summed E-state index contributed by atoms with van der Waals surface area (Å²) in [6.45, 7) is 15.1. The Morgan fingerprint density at radius 1 is 0.981 bits per heavy atom. The van der Waals surface area contributed by atoms with Crippen LogP contribution in [-0.2, 0) is 41.6 Å². The third kappa shape index (κ3) is 12.5. The summed E-state index contributed by atoms with van der Waals surface area (Å²) in [6.07, 6.45) is -0.182. The Kier molecular flexibility index (Phi) is 15.9. The number of cyclic esters (lactones) is 2. The SMILES string of the molecule is Cc1ccc(CC2NC(=O)/C=C/CC(C(C)C(O)C(Cl)c3ccc(CN4CCNCC4)cc3)OC(=O)C(CC(C)C)OC(=O)C(C)(C)CNC2=O)cc1Cl. The van der Waals surface area contributed by atoms with Gasteiger partial charge in [-0.05, 0) is 67.5 Å².